The summed E-state index contributed by atoms with van der Waals surface area (Å²) in [7, 11) is 0. The van der Waals surface area contributed by atoms with E-state index in [9.17, 15) is 20.2 Å². The standard InChI is InChI=1S/C18H17N3O5/c1-17(2)14-9-13(21(24)25)4-6-15(14)19-10-11-8-12(20(22)23)5-7-16(11)26-18(17,19)3/h4-9H,10H2,1-3H3/t18-/m0/s1. The number of rotatable bonds is 2. The Balaban J connectivity index is 1.87. The quantitative estimate of drug-likeness (QED) is 0.598. The molecule has 0 saturated heterocycles. The summed E-state index contributed by atoms with van der Waals surface area (Å²) in [5.41, 5.74) is 1.17. The molecule has 2 aliphatic rings. The van der Waals surface area contributed by atoms with Gasteiger partial charge in [0.15, 0.2) is 5.72 Å². The van der Waals surface area contributed by atoms with Crippen LogP contribution in [-0.2, 0) is 12.0 Å². The van der Waals surface area contributed by atoms with E-state index >= 15 is 0 Å². The Morgan fingerprint density at radius 3 is 2.27 bits per heavy atom. The molecule has 0 radical (unpaired) electrons. The zero-order valence-electron chi connectivity index (χ0n) is 14.6. The molecule has 0 spiro atoms. The van der Waals surface area contributed by atoms with E-state index < -0.39 is 21.0 Å². The monoisotopic (exact) mass is 355 g/mol. The van der Waals surface area contributed by atoms with Crippen molar-refractivity contribution in [2.75, 3.05) is 4.90 Å². The first-order valence-corrected chi connectivity index (χ1v) is 8.18. The van der Waals surface area contributed by atoms with Gasteiger partial charge in [0.2, 0.25) is 0 Å². The predicted octanol–water partition coefficient (Wildman–Crippen LogP) is 3.91. The Morgan fingerprint density at radius 1 is 1.00 bits per heavy atom. The molecule has 2 aliphatic heterocycles. The average molecular weight is 355 g/mol. The number of nitro groups is 2. The minimum atomic E-state index is -0.756. The number of fused-ring (bicyclic) bond motifs is 4. The number of benzene rings is 2. The van der Waals surface area contributed by atoms with Gasteiger partial charge in [-0.15, -0.1) is 0 Å². The molecular weight excluding hydrogens is 338 g/mol. The van der Waals surface area contributed by atoms with E-state index in [1.54, 1.807) is 18.2 Å². The maximum atomic E-state index is 11.2. The van der Waals surface area contributed by atoms with E-state index in [2.05, 4.69) is 0 Å². The highest BCUT2D eigenvalue weighted by Gasteiger charge is 2.58. The Kier molecular flexibility index (Phi) is 3.10. The normalized spacial score (nSPS) is 22.0. The molecule has 8 nitrogen and oxygen atoms in total. The van der Waals surface area contributed by atoms with Gasteiger partial charge < -0.3 is 9.64 Å². The summed E-state index contributed by atoms with van der Waals surface area (Å²) < 4.78 is 6.31. The fourth-order valence-electron chi connectivity index (χ4n) is 3.90. The molecule has 0 fully saturated rings. The van der Waals surface area contributed by atoms with Gasteiger partial charge in [0.25, 0.3) is 11.4 Å². The van der Waals surface area contributed by atoms with Crippen molar-refractivity contribution in [1.29, 1.82) is 0 Å². The third kappa shape index (κ3) is 1.95. The van der Waals surface area contributed by atoms with Crippen LogP contribution in [0.1, 0.15) is 31.9 Å². The van der Waals surface area contributed by atoms with E-state index in [4.69, 9.17) is 4.74 Å². The van der Waals surface area contributed by atoms with Crippen LogP contribution in [0.25, 0.3) is 0 Å². The molecule has 134 valence electrons. The van der Waals surface area contributed by atoms with Gasteiger partial charge in [-0.25, -0.2) is 0 Å². The molecule has 2 aromatic carbocycles. The third-order valence-electron chi connectivity index (χ3n) is 5.72. The molecule has 2 heterocycles. The van der Waals surface area contributed by atoms with Crippen LogP contribution in [0.4, 0.5) is 17.1 Å². The first-order valence-electron chi connectivity index (χ1n) is 8.18. The second-order valence-corrected chi connectivity index (χ2v) is 7.30. The number of non-ortho nitro benzene ring substituents is 2. The lowest BCUT2D eigenvalue weighted by atomic mass is 9.78. The lowest BCUT2D eigenvalue weighted by Gasteiger charge is -2.48. The molecule has 0 bridgehead atoms. The fraction of sp³-hybridized carbons (Fsp3) is 0.333. The van der Waals surface area contributed by atoms with Crippen molar-refractivity contribution in [2.24, 2.45) is 0 Å². The molecule has 4 rings (SSSR count). The molecule has 0 aliphatic carbocycles. The van der Waals surface area contributed by atoms with Crippen molar-refractivity contribution in [3.05, 3.63) is 67.8 Å². The van der Waals surface area contributed by atoms with Gasteiger partial charge in [-0.05, 0) is 38.5 Å². The molecule has 0 aromatic heterocycles. The van der Waals surface area contributed by atoms with Crippen molar-refractivity contribution in [3.8, 4) is 5.75 Å². The summed E-state index contributed by atoms with van der Waals surface area (Å²) in [6.45, 7) is 6.36. The highest BCUT2D eigenvalue weighted by Crippen LogP contribution is 2.56. The van der Waals surface area contributed by atoms with Crippen molar-refractivity contribution in [1.82, 2.24) is 0 Å². The predicted molar refractivity (Wildman–Crippen MR) is 94.4 cm³/mol. The van der Waals surface area contributed by atoms with Crippen LogP contribution in [-0.4, -0.2) is 15.6 Å². The summed E-state index contributed by atoms with van der Waals surface area (Å²) in [4.78, 5) is 23.4. The van der Waals surface area contributed by atoms with Crippen LogP contribution >= 0.6 is 0 Å². The summed E-state index contributed by atoms with van der Waals surface area (Å²) in [5.74, 6) is 0.602. The van der Waals surface area contributed by atoms with Crippen LogP contribution < -0.4 is 9.64 Å². The zero-order chi connectivity index (χ0) is 18.9. The maximum Gasteiger partial charge on any atom is 0.270 e. The zero-order valence-corrected chi connectivity index (χ0v) is 14.6. The van der Waals surface area contributed by atoms with E-state index in [1.807, 2.05) is 25.7 Å². The minimum Gasteiger partial charge on any atom is -0.467 e. The Hall–Kier alpha value is -3.16. The van der Waals surface area contributed by atoms with Gasteiger partial charge >= 0.3 is 0 Å². The highest BCUT2D eigenvalue weighted by atomic mass is 16.6. The van der Waals surface area contributed by atoms with E-state index in [0.29, 0.717) is 12.3 Å². The highest BCUT2D eigenvalue weighted by molar-refractivity contribution is 5.70. The summed E-state index contributed by atoms with van der Waals surface area (Å²) in [5, 5.41) is 22.3. The van der Waals surface area contributed by atoms with Gasteiger partial charge in [-0.2, -0.15) is 0 Å². The number of nitrogens with zero attached hydrogens (tertiary/aromatic N) is 3. The SMILES string of the molecule is CC1(C)c2cc([N+](=O)[O-])ccc2N2Cc3cc([N+](=O)[O-])ccc3O[C@]21C. The molecule has 2 aromatic rings. The molecule has 0 saturated carbocycles. The van der Waals surface area contributed by atoms with Gasteiger partial charge in [0, 0.05) is 35.5 Å². The lowest BCUT2D eigenvalue weighted by Crippen LogP contribution is -2.59. The Morgan fingerprint density at radius 2 is 1.62 bits per heavy atom. The van der Waals surface area contributed by atoms with E-state index in [0.717, 1.165) is 16.8 Å². The van der Waals surface area contributed by atoms with Gasteiger partial charge in [0.1, 0.15) is 5.75 Å². The molecular formula is C18H17N3O5. The van der Waals surface area contributed by atoms with Crippen LogP contribution in [0.5, 0.6) is 5.75 Å². The second-order valence-electron chi connectivity index (χ2n) is 7.30. The third-order valence-corrected chi connectivity index (χ3v) is 5.72. The minimum absolute atomic E-state index is 0.0123. The van der Waals surface area contributed by atoms with Gasteiger partial charge in [0.05, 0.1) is 21.8 Å². The van der Waals surface area contributed by atoms with Crippen molar-refractivity contribution < 1.29 is 14.6 Å². The van der Waals surface area contributed by atoms with Gasteiger partial charge in [-0.1, -0.05) is 0 Å². The first kappa shape index (κ1) is 16.3. The molecule has 0 N–H and O–H groups in total. The van der Waals surface area contributed by atoms with Crippen LogP contribution in [0.15, 0.2) is 36.4 Å². The smallest absolute Gasteiger partial charge is 0.270 e. The summed E-state index contributed by atoms with van der Waals surface area (Å²) in [6, 6.07) is 9.37. The van der Waals surface area contributed by atoms with E-state index in [-0.39, 0.29) is 11.4 Å². The molecule has 8 heteroatoms. The molecule has 0 amide bonds. The molecule has 0 unspecified atom stereocenters. The lowest BCUT2D eigenvalue weighted by molar-refractivity contribution is -0.385. The number of nitro benzene ring substituents is 2. The number of ether oxygens (including phenoxy) is 1. The Bertz CT molecular complexity index is 971. The fourth-order valence-corrected chi connectivity index (χ4v) is 3.90. The maximum absolute atomic E-state index is 11.2. The summed E-state index contributed by atoms with van der Waals surface area (Å²) >= 11 is 0. The number of hydrogen-bond acceptors (Lipinski definition) is 6. The summed E-state index contributed by atoms with van der Waals surface area (Å²) in [6.07, 6.45) is 0. The van der Waals surface area contributed by atoms with Crippen LogP contribution in [0.3, 0.4) is 0 Å². The largest absolute Gasteiger partial charge is 0.467 e. The number of hydrogen-bond donors (Lipinski definition) is 0. The first-order chi connectivity index (χ1) is 12.1. The Labute approximate surface area is 149 Å². The van der Waals surface area contributed by atoms with Crippen LogP contribution in [0.2, 0.25) is 0 Å². The van der Waals surface area contributed by atoms with Crippen LogP contribution in [0, 0.1) is 20.2 Å². The van der Waals surface area contributed by atoms with E-state index in [1.165, 1.54) is 18.2 Å². The van der Waals surface area contributed by atoms with Crippen molar-refractivity contribution >= 4 is 17.1 Å². The second kappa shape index (κ2) is 4.94. The molecule has 1 atom stereocenters. The molecule has 26 heavy (non-hydrogen) atoms. The topological polar surface area (TPSA) is 98.8 Å². The van der Waals surface area contributed by atoms with Gasteiger partial charge in [-0.3, -0.25) is 20.2 Å². The number of anilines is 1. The average Bonchev–Trinajstić information content (AvgIpc) is 2.75. The van der Waals surface area contributed by atoms with Crippen molar-refractivity contribution in [2.45, 2.75) is 38.5 Å². The van der Waals surface area contributed by atoms with Crippen molar-refractivity contribution in [3.63, 3.8) is 0 Å².